The van der Waals surface area contributed by atoms with Crippen LogP contribution < -0.4 is 5.32 Å². The second-order valence-electron chi connectivity index (χ2n) is 6.40. The molecule has 0 aromatic heterocycles. The second kappa shape index (κ2) is 7.83. The van der Waals surface area contributed by atoms with E-state index in [2.05, 4.69) is 5.32 Å². The number of carbonyl (C=O) groups excluding carboxylic acids is 1. The van der Waals surface area contributed by atoms with Gasteiger partial charge in [-0.3, -0.25) is 14.9 Å². The second-order valence-corrected chi connectivity index (χ2v) is 6.40. The van der Waals surface area contributed by atoms with E-state index in [1.165, 1.54) is 6.07 Å². The maximum atomic E-state index is 13.2. The van der Waals surface area contributed by atoms with Gasteiger partial charge in [-0.05, 0) is 36.1 Å². The molecule has 3 aromatic rings. The summed E-state index contributed by atoms with van der Waals surface area (Å²) in [6.07, 6.45) is 0. The van der Waals surface area contributed by atoms with Gasteiger partial charge in [0.05, 0.1) is 10.8 Å². The Kier molecular flexibility index (Phi) is 5.31. The molecule has 0 bridgehead atoms. The fourth-order valence-electron chi connectivity index (χ4n) is 3.09. The molecule has 5 heteroatoms. The number of nitro benzene ring substituents is 1. The lowest BCUT2D eigenvalue weighted by Gasteiger charge is -2.19. The summed E-state index contributed by atoms with van der Waals surface area (Å²) in [5.74, 6) is -0.865. The average Bonchev–Trinajstić information content (AvgIpc) is 2.67. The SMILES string of the molecule is Cc1ccc([N+](=O)[O-])c(NC(=O)C(c2ccccc2)c2ccccc2)c1C. The molecule has 0 unspecified atom stereocenters. The van der Waals surface area contributed by atoms with E-state index in [9.17, 15) is 14.9 Å². The minimum atomic E-state index is -0.563. The molecule has 5 nitrogen and oxygen atoms in total. The fraction of sp³-hybridized carbons (Fsp3) is 0.136. The molecule has 1 amide bonds. The highest BCUT2D eigenvalue weighted by Crippen LogP contribution is 2.33. The van der Waals surface area contributed by atoms with E-state index in [1.54, 1.807) is 13.0 Å². The highest BCUT2D eigenvalue weighted by Gasteiger charge is 2.26. The third-order valence-electron chi connectivity index (χ3n) is 4.69. The van der Waals surface area contributed by atoms with Crippen molar-refractivity contribution in [3.8, 4) is 0 Å². The van der Waals surface area contributed by atoms with Crippen molar-refractivity contribution in [2.75, 3.05) is 5.32 Å². The van der Waals surface area contributed by atoms with E-state index in [1.807, 2.05) is 67.6 Å². The normalized spacial score (nSPS) is 10.6. The number of hydrogen-bond acceptors (Lipinski definition) is 3. The molecule has 0 atom stereocenters. The van der Waals surface area contributed by atoms with Gasteiger partial charge in [0.1, 0.15) is 5.69 Å². The molecular formula is C22H20N2O3. The lowest BCUT2D eigenvalue weighted by Crippen LogP contribution is -2.23. The molecule has 0 saturated heterocycles. The van der Waals surface area contributed by atoms with Gasteiger partial charge in [-0.1, -0.05) is 66.7 Å². The first-order chi connectivity index (χ1) is 13.0. The monoisotopic (exact) mass is 360 g/mol. The zero-order valence-corrected chi connectivity index (χ0v) is 15.2. The van der Waals surface area contributed by atoms with E-state index in [-0.39, 0.29) is 17.3 Å². The predicted octanol–water partition coefficient (Wildman–Crippen LogP) is 4.98. The summed E-state index contributed by atoms with van der Waals surface area (Å²) in [5.41, 5.74) is 3.38. The number of nitrogens with zero attached hydrogens (tertiary/aromatic N) is 1. The van der Waals surface area contributed by atoms with Crippen molar-refractivity contribution >= 4 is 17.3 Å². The molecule has 0 heterocycles. The number of hydrogen-bond donors (Lipinski definition) is 1. The van der Waals surface area contributed by atoms with Crippen molar-refractivity contribution in [2.24, 2.45) is 0 Å². The van der Waals surface area contributed by atoms with Gasteiger partial charge >= 0.3 is 0 Å². The van der Waals surface area contributed by atoms with Gasteiger partial charge in [-0.15, -0.1) is 0 Å². The Morgan fingerprint density at radius 3 is 1.89 bits per heavy atom. The van der Waals surface area contributed by atoms with Crippen LogP contribution in [0.1, 0.15) is 28.2 Å². The summed E-state index contributed by atoms with van der Waals surface area (Å²) < 4.78 is 0. The number of carbonyl (C=O) groups is 1. The van der Waals surface area contributed by atoms with Crippen molar-refractivity contribution in [1.82, 2.24) is 0 Å². The molecule has 0 radical (unpaired) electrons. The van der Waals surface area contributed by atoms with Crippen LogP contribution in [-0.2, 0) is 4.79 Å². The van der Waals surface area contributed by atoms with E-state index < -0.39 is 10.8 Å². The van der Waals surface area contributed by atoms with E-state index in [0.29, 0.717) is 5.56 Å². The average molecular weight is 360 g/mol. The highest BCUT2D eigenvalue weighted by atomic mass is 16.6. The van der Waals surface area contributed by atoms with Crippen molar-refractivity contribution in [3.05, 3.63) is 105 Å². The van der Waals surface area contributed by atoms with Crippen LogP contribution in [0, 0.1) is 24.0 Å². The quantitative estimate of drug-likeness (QED) is 0.515. The molecule has 27 heavy (non-hydrogen) atoms. The zero-order chi connectivity index (χ0) is 19.4. The Bertz CT molecular complexity index is 930. The van der Waals surface area contributed by atoms with Crippen LogP contribution >= 0.6 is 0 Å². The smallest absolute Gasteiger partial charge is 0.293 e. The number of rotatable bonds is 5. The Morgan fingerprint density at radius 2 is 1.41 bits per heavy atom. The molecule has 0 aliphatic carbocycles. The van der Waals surface area contributed by atoms with Gasteiger partial charge in [0, 0.05) is 6.07 Å². The number of anilines is 1. The molecule has 0 saturated carbocycles. The summed E-state index contributed by atoms with van der Waals surface area (Å²) in [5, 5.41) is 14.2. The van der Waals surface area contributed by atoms with E-state index >= 15 is 0 Å². The van der Waals surface area contributed by atoms with Crippen LogP contribution in [0.15, 0.2) is 72.8 Å². The molecule has 1 N–H and O–H groups in total. The van der Waals surface area contributed by atoms with Gasteiger partial charge in [0.15, 0.2) is 0 Å². The number of aryl methyl sites for hydroxylation is 1. The molecule has 0 aliphatic rings. The first-order valence-corrected chi connectivity index (χ1v) is 8.64. The van der Waals surface area contributed by atoms with Crippen LogP contribution in [0.4, 0.5) is 11.4 Å². The Morgan fingerprint density at radius 1 is 0.889 bits per heavy atom. The van der Waals surface area contributed by atoms with Gasteiger partial charge in [-0.2, -0.15) is 0 Å². The molecule has 0 aliphatic heterocycles. The van der Waals surface area contributed by atoms with Gasteiger partial charge in [0.2, 0.25) is 5.91 Å². The van der Waals surface area contributed by atoms with Crippen LogP contribution in [-0.4, -0.2) is 10.8 Å². The van der Waals surface area contributed by atoms with Crippen molar-refractivity contribution < 1.29 is 9.72 Å². The minimum Gasteiger partial charge on any atom is -0.319 e. The van der Waals surface area contributed by atoms with Crippen LogP contribution in [0.3, 0.4) is 0 Å². The standard InChI is InChI=1S/C22H20N2O3/c1-15-13-14-19(24(26)27)21(16(15)2)23-22(25)20(17-9-5-3-6-10-17)18-11-7-4-8-12-18/h3-14,20H,1-2H3,(H,23,25). The van der Waals surface area contributed by atoms with Crippen LogP contribution in [0.2, 0.25) is 0 Å². The van der Waals surface area contributed by atoms with Crippen molar-refractivity contribution in [3.63, 3.8) is 0 Å². The van der Waals surface area contributed by atoms with Gasteiger partial charge in [0.25, 0.3) is 5.69 Å². The third kappa shape index (κ3) is 3.87. The Labute approximate surface area is 157 Å². The summed E-state index contributed by atoms with van der Waals surface area (Å²) in [7, 11) is 0. The van der Waals surface area contributed by atoms with E-state index in [0.717, 1.165) is 16.7 Å². The molecule has 3 aromatic carbocycles. The third-order valence-corrected chi connectivity index (χ3v) is 4.69. The van der Waals surface area contributed by atoms with Gasteiger partial charge < -0.3 is 5.32 Å². The fourth-order valence-corrected chi connectivity index (χ4v) is 3.09. The minimum absolute atomic E-state index is 0.105. The summed E-state index contributed by atoms with van der Waals surface area (Å²) in [4.78, 5) is 24.2. The van der Waals surface area contributed by atoms with E-state index in [4.69, 9.17) is 0 Å². The van der Waals surface area contributed by atoms with Crippen LogP contribution in [0.5, 0.6) is 0 Å². The number of nitro groups is 1. The molecule has 3 rings (SSSR count). The zero-order valence-electron chi connectivity index (χ0n) is 15.2. The Balaban J connectivity index is 2.05. The van der Waals surface area contributed by atoms with Crippen molar-refractivity contribution in [2.45, 2.75) is 19.8 Å². The topological polar surface area (TPSA) is 72.2 Å². The molecule has 136 valence electrons. The predicted molar refractivity (Wildman–Crippen MR) is 106 cm³/mol. The first-order valence-electron chi connectivity index (χ1n) is 8.64. The molecule has 0 fully saturated rings. The van der Waals surface area contributed by atoms with Gasteiger partial charge in [-0.25, -0.2) is 0 Å². The van der Waals surface area contributed by atoms with Crippen molar-refractivity contribution in [1.29, 1.82) is 0 Å². The number of benzene rings is 3. The molecule has 0 spiro atoms. The molecular weight excluding hydrogens is 340 g/mol. The lowest BCUT2D eigenvalue weighted by atomic mass is 9.90. The largest absolute Gasteiger partial charge is 0.319 e. The highest BCUT2D eigenvalue weighted by molar-refractivity contribution is 6.00. The number of nitrogens with one attached hydrogen (secondary N) is 1. The number of amides is 1. The summed E-state index contributed by atoms with van der Waals surface area (Å²) >= 11 is 0. The Hall–Kier alpha value is -3.47. The maximum Gasteiger partial charge on any atom is 0.293 e. The first kappa shape index (κ1) is 18.3. The summed E-state index contributed by atoms with van der Waals surface area (Å²) in [6, 6.07) is 21.9. The lowest BCUT2D eigenvalue weighted by molar-refractivity contribution is -0.384. The van der Waals surface area contributed by atoms with Crippen LogP contribution in [0.25, 0.3) is 0 Å². The maximum absolute atomic E-state index is 13.2. The summed E-state index contributed by atoms with van der Waals surface area (Å²) in [6.45, 7) is 3.64.